The van der Waals surface area contributed by atoms with Crippen molar-refractivity contribution in [2.75, 3.05) is 6.26 Å². The molecule has 1 heterocycles. The maximum Gasteiger partial charge on any atom is 0.240 e. The van der Waals surface area contributed by atoms with E-state index in [1.54, 1.807) is 11.8 Å². The van der Waals surface area contributed by atoms with Crippen molar-refractivity contribution in [3.63, 3.8) is 0 Å². The van der Waals surface area contributed by atoms with E-state index in [-0.39, 0.29) is 0 Å². The first-order chi connectivity index (χ1) is 10.8. The molecule has 0 unspecified atom stereocenters. The van der Waals surface area contributed by atoms with Gasteiger partial charge in [-0.25, -0.2) is 0 Å². The first-order valence-corrected chi connectivity index (χ1v) is 9.33. The predicted molar refractivity (Wildman–Crippen MR) is 89.5 cm³/mol. The minimum absolute atomic E-state index is 0.635. The van der Waals surface area contributed by atoms with Gasteiger partial charge in [-0.1, -0.05) is 48.3 Å². The van der Waals surface area contributed by atoms with E-state index in [9.17, 15) is 0 Å². The van der Waals surface area contributed by atoms with Gasteiger partial charge in [-0.3, -0.25) is 4.90 Å². The summed E-state index contributed by atoms with van der Waals surface area (Å²) in [4.78, 5) is 7.01. The van der Waals surface area contributed by atoms with Crippen LogP contribution < -0.4 is 0 Å². The summed E-state index contributed by atoms with van der Waals surface area (Å²) in [7, 11) is 0. The summed E-state index contributed by atoms with van der Waals surface area (Å²) < 4.78 is 5.43. The molecule has 0 bridgehead atoms. The van der Waals surface area contributed by atoms with Crippen molar-refractivity contribution in [2.45, 2.75) is 50.6 Å². The highest BCUT2D eigenvalue weighted by molar-refractivity contribution is 7.97. The van der Waals surface area contributed by atoms with Crippen LogP contribution in [0, 0.1) is 0 Å². The Kier molecular flexibility index (Phi) is 5.51. The van der Waals surface area contributed by atoms with Crippen molar-refractivity contribution < 1.29 is 4.52 Å². The molecular weight excluding hydrogens is 294 g/mol. The van der Waals surface area contributed by atoms with Crippen molar-refractivity contribution in [1.29, 1.82) is 0 Å². The molecule has 0 aliphatic heterocycles. The van der Waals surface area contributed by atoms with Crippen LogP contribution in [-0.4, -0.2) is 27.3 Å². The lowest BCUT2D eigenvalue weighted by molar-refractivity contribution is 0.157. The lowest BCUT2D eigenvalue weighted by atomic mass is 10.1. The summed E-state index contributed by atoms with van der Waals surface area (Å²) in [5.41, 5.74) is 1.35. The van der Waals surface area contributed by atoms with E-state index in [4.69, 9.17) is 4.52 Å². The van der Waals surface area contributed by atoms with Gasteiger partial charge in [0.2, 0.25) is 5.89 Å². The third-order valence-corrected chi connectivity index (χ3v) is 4.74. The molecule has 1 aromatic heterocycles. The average molecular weight is 317 g/mol. The Morgan fingerprint density at radius 1 is 1.18 bits per heavy atom. The van der Waals surface area contributed by atoms with Crippen LogP contribution in [0.5, 0.6) is 0 Å². The van der Waals surface area contributed by atoms with E-state index in [1.807, 2.05) is 0 Å². The molecular formula is C17H23N3OS. The zero-order chi connectivity index (χ0) is 15.2. The third-order valence-electron chi connectivity index (χ3n) is 4.19. The van der Waals surface area contributed by atoms with Gasteiger partial charge >= 0.3 is 0 Å². The molecule has 4 nitrogen and oxygen atoms in total. The van der Waals surface area contributed by atoms with Crippen LogP contribution in [0.1, 0.15) is 43.0 Å². The van der Waals surface area contributed by atoms with Gasteiger partial charge in [0.15, 0.2) is 5.82 Å². The first kappa shape index (κ1) is 15.6. The summed E-state index contributed by atoms with van der Waals surface area (Å²) in [6, 6.07) is 11.3. The van der Waals surface area contributed by atoms with Gasteiger partial charge in [-0.05, 0) is 24.7 Å². The summed E-state index contributed by atoms with van der Waals surface area (Å²) in [6.07, 6.45) is 7.27. The van der Waals surface area contributed by atoms with Crippen molar-refractivity contribution in [3.8, 4) is 0 Å². The highest BCUT2D eigenvalue weighted by Gasteiger charge is 2.24. The Labute approximate surface area is 136 Å². The number of aromatic nitrogens is 2. The number of benzene rings is 1. The monoisotopic (exact) mass is 317 g/mol. The van der Waals surface area contributed by atoms with E-state index < -0.39 is 0 Å². The van der Waals surface area contributed by atoms with Gasteiger partial charge in [0.1, 0.15) is 0 Å². The normalized spacial score (nSPS) is 15.7. The highest BCUT2D eigenvalue weighted by atomic mass is 32.2. The molecule has 0 radical (unpaired) electrons. The topological polar surface area (TPSA) is 42.2 Å². The molecule has 1 aromatic carbocycles. The molecule has 0 atom stereocenters. The minimum atomic E-state index is 0.635. The molecule has 0 amide bonds. The Balaban J connectivity index is 1.70. The van der Waals surface area contributed by atoms with Crippen molar-refractivity contribution in [2.24, 2.45) is 0 Å². The Hall–Kier alpha value is -1.33. The molecule has 1 aliphatic rings. The van der Waals surface area contributed by atoms with Crippen LogP contribution in [0.4, 0.5) is 0 Å². The van der Waals surface area contributed by atoms with Crippen molar-refractivity contribution in [1.82, 2.24) is 15.0 Å². The van der Waals surface area contributed by atoms with Crippen LogP contribution in [0.3, 0.4) is 0 Å². The summed E-state index contributed by atoms with van der Waals surface area (Å²) >= 11 is 1.72. The summed E-state index contributed by atoms with van der Waals surface area (Å²) in [6.45, 7) is 1.70. The average Bonchev–Trinajstić information content (AvgIpc) is 3.20. The van der Waals surface area contributed by atoms with Gasteiger partial charge in [-0.15, -0.1) is 0 Å². The zero-order valence-corrected chi connectivity index (χ0v) is 13.9. The molecule has 3 rings (SSSR count). The second kappa shape index (κ2) is 7.79. The predicted octanol–water partition coefficient (Wildman–Crippen LogP) is 3.88. The van der Waals surface area contributed by atoms with Gasteiger partial charge in [0.05, 0.1) is 12.3 Å². The maximum atomic E-state index is 5.43. The molecule has 1 fully saturated rings. The van der Waals surface area contributed by atoms with Crippen LogP contribution in [-0.2, 0) is 18.8 Å². The van der Waals surface area contributed by atoms with Crippen molar-refractivity contribution >= 4 is 11.8 Å². The Morgan fingerprint density at radius 3 is 2.68 bits per heavy atom. The van der Waals surface area contributed by atoms with Gasteiger partial charge in [0.25, 0.3) is 0 Å². The van der Waals surface area contributed by atoms with Gasteiger partial charge in [-0.2, -0.15) is 16.7 Å². The fourth-order valence-electron chi connectivity index (χ4n) is 3.12. The molecule has 1 aliphatic carbocycles. The molecule has 2 aromatic rings. The molecule has 118 valence electrons. The fraction of sp³-hybridized carbons (Fsp3) is 0.529. The lowest BCUT2D eigenvalue weighted by Crippen LogP contribution is -2.32. The molecule has 0 N–H and O–H groups in total. The van der Waals surface area contributed by atoms with E-state index in [0.29, 0.717) is 6.04 Å². The Bertz CT molecular complexity index is 566. The first-order valence-electron chi connectivity index (χ1n) is 7.93. The molecule has 1 saturated carbocycles. The van der Waals surface area contributed by atoms with Crippen LogP contribution >= 0.6 is 11.8 Å². The minimum Gasteiger partial charge on any atom is -0.338 e. The number of rotatable bonds is 7. The quantitative estimate of drug-likeness (QED) is 0.775. The third kappa shape index (κ3) is 4.11. The summed E-state index contributed by atoms with van der Waals surface area (Å²) in [5, 5.41) is 4.06. The molecule has 22 heavy (non-hydrogen) atoms. The SMILES string of the molecule is CSCc1noc(CN(Cc2ccccc2)C2CCCC2)n1. The molecule has 0 spiro atoms. The number of thioether (sulfide) groups is 1. The van der Waals surface area contributed by atoms with Crippen LogP contribution in [0.2, 0.25) is 0 Å². The lowest BCUT2D eigenvalue weighted by Gasteiger charge is -2.27. The van der Waals surface area contributed by atoms with E-state index in [2.05, 4.69) is 51.6 Å². The molecule has 5 heteroatoms. The second-order valence-corrected chi connectivity index (χ2v) is 6.73. The standard InChI is InChI=1S/C17H23N3OS/c1-22-13-16-18-17(21-19-16)12-20(15-9-5-6-10-15)11-14-7-3-2-4-8-14/h2-4,7-8,15H,5-6,9-13H2,1H3. The van der Waals surface area contributed by atoms with Gasteiger partial charge < -0.3 is 4.52 Å². The Morgan fingerprint density at radius 2 is 1.95 bits per heavy atom. The van der Waals surface area contributed by atoms with E-state index in [1.165, 1.54) is 31.2 Å². The maximum absolute atomic E-state index is 5.43. The largest absolute Gasteiger partial charge is 0.338 e. The fourth-order valence-corrected chi connectivity index (χ4v) is 3.49. The number of hydrogen-bond acceptors (Lipinski definition) is 5. The van der Waals surface area contributed by atoms with Gasteiger partial charge in [0, 0.05) is 12.6 Å². The zero-order valence-electron chi connectivity index (χ0n) is 13.1. The van der Waals surface area contributed by atoms with Crippen LogP contribution in [0.25, 0.3) is 0 Å². The van der Waals surface area contributed by atoms with E-state index >= 15 is 0 Å². The van der Waals surface area contributed by atoms with Crippen molar-refractivity contribution in [3.05, 3.63) is 47.6 Å². The van der Waals surface area contributed by atoms with Crippen LogP contribution in [0.15, 0.2) is 34.9 Å². The molecule has 0 saturated heterocycles. The van der Waals surface area contributed by atoms with E-state index in [0.717, 1.165) is 30.6 Å². The number of nitrogens with zero attached hydrogens (tertiary/aromatic N) is 3. The summed E-state index contributed by atoms with van der Waals surface area (Å²) in [5.74, 6) is 2.35. The highest BCUT2D eigenvalue weighted by Crippen LogP contribution is 2.26. The number of hydrogen-bond donors (Lipinski definition) is 0. The smallest absolute Gasteiger partial charge is 0.240 e. The second-order valence-electron chi connectivity index (χ2n) is 5.87.